The Balaban J connectivity index is 2.14. The summed E-state index contributed by atoms with van der Waals surface area (Å²) in [5, 5.41) is 0. The molecular weight excluding hydrogens is 278 g/mol. The van der Waals surface area contributed by atoms with Crippen molar-refractivity contribution in [1.82, 2.24) is 4.98 Å². The van der Waals surface area contributed by atoms with Crippen molar-refractivity contribution in [3.8, 4) is 11.5 Å². The first-order chi connectivity index (χ1) is 8.22. The molecule has 84 valence electrons. The number of hydrogen-bond donors (Lipinski definition) is 0. The maximum absolute atomic E-state index is 5.72. The smallest absolute Gasteiger partial charge is 0.227 e. The van der Waals surface area contributed by atoms with E-state index in [0.29, 0.717) is 5.89 Å². The van der Waals surface area contributed by atoms with Crippen molar-refractivity contribution < 1.29 is 4.42 Å². The summed E-state index contributed by atoms with van der Waals surface area (Å²) < 4.78 is 6.73. The van der Waals surface area contributed by atoms with Gasteiger partial charge in [-0.3, -0.25) is 0 Å². The number of oxazole rings is 1. The fourth-order valence-electron chi connectivity index (χ4n) is 1.72. The van der Waals surface area contributed by atoms with Gasteiger partial charge in [0.15, 0.2) is 5.58 Å². The molecule has 3 heteroatoms. The molecule has 0 aliphatic rings. The number of rotatable bonds is 1. The monoisotopic (exact) mass is 287 g/mol. The van der Waals surface area contributed by atoms with Gasteiger partial charge in [-0.1, -0.05) is 33.6 Å². The van der Waals surface area contributed by atoms with Gasteiger partial charge in [-0.05, 0) is 37.3 Å². The molecule has 0 aliphatic carbocycles. The average molecular weight is 288 g/mol. The van der Waals surface area contributed by atoms with Crippen molar-refractivity contribution in [2.45, 2.75) is 6.92 Å². The van der Waals surface area contributed by atoms with Crippen LogP contribution in [0.3, 0.4) is 0 Å². The summed E-state index contributed by atoms with van der Waals surface area (Å²) in [7, 11) is 0. The lowest BCUT2D eigenvalue weighted by Crippen LogP contribution is -1.77. The fraction of sp³-hybridized carbons (Fsp3) is 0.0714. The molecule has 0 fully saturated rings. The van der Waals surface area contributed by atoms with E-state index in [1.807, 2.05) is 30.3 Å². The molecule has 0 atom stereocenters. The summed E-state index contributed by atoms with van der Waals surface area (Å²) in [6, 6.07) is 14.0. The third kappa shape index (κ3) is 1.98. The number of nitrogens with zero attached hydrogens (tertiary/aromatic N) is 1. The van der Waals surface area contributed by atoms with Crippen molar-refractivity contribution in [2.75, 3.05) is 0 Å². The zero-order valence-corrected chi connectivity index (χ0v) is 10.9. The first kappa shape index (κ1) is 10.5. The molecule has 0 bridgehead atoms. The van der Waals surface area contributed by atoms with Crippen LogP contribution in [0.2, 0.25) is 0 Å². The van der Waals surface area contributed by atoms with Gasteiger partial charge in [0.1, 0.15) is 5.52 Å². The molecule has 1 aromatic heterocycles. The van der Waals surface area contributed by atoms with Gasteiger partial charge in [0.2, 0.25) is 5.89 Å². The largest absolute Gasteiger partial charge is 0.436 e. The summed E-state index contributed by atoms with van der Waals surface area (Å²) in [6.45, 7) is 2.06. The summed E-state index contributed by atoms with van der Waals surface area (Å²) in [5.41, 5.74) is 3.91. The Labute approximate surface area is 107 Å². The third-order valence-corrected chi connectivity index (χ3v) is 3.14. The predicted molar refractivity (Wildman–Crippen MR) is 71.9 cm³/mol. The van der Waals surface area contributed by atoms with Gasteiger partial charge >= 0.3 is 0 Å². The van der Waals surface area contributed by atoms with Crippen LogP contribution in [-0.4, -0.2) is 4.98 Å². The van der Waals surface area contributed by atoms with Gasteiger partial charge in [0, 0.05) is 10.0 Å². The Morgan fingerprint density at radius 1 is 1.06 bits per heavy atom. The van der Waals surface area contributed by atoms with E-state index >= 15 is 0 Å². The molecule has 0 saturated carbocycles. The zero-order valence-electron chi connectivity index (χ0n) is 9.27. The topological polar surface area (TPSA) is 26.0 Å². The second kappa shape index (κ2) is 4.00. The minimum atomic E-state index is 0.665. The van der Waals surface area contributed by atoms with Gasteiger partial charge in [-0.15, -0.1) is 0 Å². The lowest BCUT2D eigenvalue weighted by atomic mass is 10.1. The standard InChI is InChI=1S/C14H10BrNO/c1-9-2-4-10(5-3-9)14-16-12-8-11(15)6-7-13(12)17-14/h2-8H,1H3. The van der Waals surface area contributed by atoms with Crippen LogP contribution in [0.25, 0.3) is 22.6 Å². The number of benzene rings is 2. The number of hydrogen-bond acceptors (Lipinski definition) is 2. The molecule has 0 unspecified atom stereocenters. The Kier molecular flexibility index (Phi) is 2.48. The van der Waals surface area contributed by atoms with Crippen molar-refractivity contribution >= 4 is 27.0 Å². The molecule has 0 aliphatic heterocycles. The molecule has 1 heterocycles. The molecule has 17 heavy (non-hydrogen) atoms. The zero-order chi connectivity index (χ0) is 11.8. The van der Waals surface area contributed by atoms with E-state index in [9.17, 15) is 0 Å². The van der Waals surface area contributed by atoms with Crippen molar-refractivity contribution in [1.29, 1.82) is 0 Å². The maximum Gasteiger partial charge on any atom is 0.227 e. The molecule has 0 N–H and O–H groups in total. The van der Waals surface area contributed by atoms with Crippen LogP contribution < -0.4 is 0 Å². The lowest BCUT2D eigenvalue weighted by molar-refractivity contribution is 0.620. The molecule has 3 aromatic rings. The fourth-order valence-corrected chi connectivity index (χ4v) is 2.07. The van der Waals surface area contributed by atoms with Crippen molar-refractivity contribution in [2.24, 2.45) is 0 Å². The Hall–Kier alpha value is -1.61. The average Bonchev–Trinajstić information content (AvgIpc) is 2.72. The van der Waals surface area contributed by atoms with Gasteiger partial charge < -0.3 is 4.42 Å². The summed E-state index contributed by atoms with van der Waals surface area (Å²) >= 11 is 3.43. The Morgan fingerprint density at radius 2 is 1.82 bits per heavy atom. The SMILES string of the molecule is Cc1ccc(-c2nc3cc(Br)ccc3o2)cc1. The van der Waals surface area contributed by atoms with Crippen LogP contribution in [-0.2, 0) is 0 Å². The van der Waals surface area contributed by atoms with E-state index in [-0.39, 0.29) is 0 Å². The number of fused-ring (bicyclic) bond motifs is 1. The van der Waals surface area contributed by atoms with E-state index in [1.54, 1.807) is 0 Å². The second-order valence-corrected chi connectivity index (χ2v) is 4.91. The van der Waals surface area contributed by atoms with E-state index in [1.165, 1.54) is 5.56 Å². The molecule has 2 nitrogen and oxygen atoms in total. The van der Waals surface area contributed by atoms with Gasteiger partial charge in [0.25, 0.3) is 0 Å². The van der Waals surface area contributed by atoms with Crippen molar-refractivity contribution in [3.63, 3.8) is 0 Å². The van der Waals surface area contributed by atoms with E-state index in [0.717, 1.165) is 21.1 Å². The van der Waals surface area contributed by atoms with Gasteiger partial charge in [0.05, 0.1) is 0 Å². The van der Waals surface area contributed by atoms with Crippen LogP contribution in [0.5, 0.6) is 0 Å². The van der Waals surface area contributed by atoms with E-state index < -0.39 is 0 Å². The highest BCUT2D eigenvalue weighted by Crippen LogP contribution is 2.26. The van der Waals surface area contributed by atoms with Gasteiger partial charge in [-0.2, -0.15) is 0 Å². The lowest BCUT2D eigenvalue weighted by Gasteiger charge is -1.95. The minimum Gasteiger partial charge on any atom is -0.436 e. The highest BCUT2D eigenvalue weighted by atomic mass is 79.9. The molecule has 2 aromatic carbocycles. The first-order valence-corrected chi connectivity index (χ1v) is 6.15. The number of aryl methyl sites for hydroxylation is 1. The molecular formula is C14H10BrNO. The summed E-state index contributed by atoms with van der Waals surface area (Å²) in [6.07, 6.45) is 0. The third-order valence-electron chi connectivity index (χ3n) is 2.65. The number of halogens is 1. The molecule has 0 radical (unpaired) electrons. The van der Waals surface area contributed by atoms with Crippen LogP contribution in [0.15, 0.2) is 51.4 Å². The minimum absolute atomic E-state index is 0.665. The quantitative estimate of drug-likeness (QED) is 0.655. The second-order valence-electron chi connectivity index (χ2n) is 4.00. The normalized spacial score (nSPS) is 10.9. The molecule has 0 amide bonds. The number of aromatic nitrogens is 1. The van der Waals surface area contributed by atoms with E-state index in [4.69, 9.17) is 4.42 Å². The first-order valence-electron chi connectivity index (χ1n) is 5.35. The Bertz CT molecular complexity index is 670. The molecule has 0 spiro atoms. The van der Waals surface area contributed by atoms with Crippen molar-refractivity contribution in [3.05, 3.63) is 52.5 Å². The molecule has 0 saturated heterocycles. The Morgan fingerprint density at radius 3 is 2.59 bits per heavy atom. The maximum atomic E-state index is 5.72. The highest BCUT2D eigenvalue weighted by Gasteiger charge is 2.07. The van der Waals surface area contributed by atoms with Gasteiger partial charge in [-0.25, -0.2) is 4.98 Å². The van der Waals surface area contributed by atoms with Crippen LogP contribution in [0.1, 0.15) is 5.56 Å². The van der Waals surface area contributed by atoms with Crippen LogP contribution in [0, 0.1) is 6.92 Å². The van der Waals surface area contributed by atoms with Crippen LogP contribution >= 0.6 is 15.9 Å². The molecule has 3 rings (SSSR count). The van der Waals surface area contributed by atoms with Crippen LogP contribution in [0.4, 0.5) is 0 Å². The summed E-state index contributed by atoms with van der Waals surface area (Å²) in [5.74, 6) is 0.665. The summed E-state index contributed by atoms with van der Waals surface area (Å²) in [4.78, 5) is 4.48. The van der Waals surface area contributed by atoms with E-state index in [2.05, 4.69) is 40.0 Å². The predicted octanol–water partition coefficient (Wildman–Crippen LogP) is 4.57. The highest BCUT2D eigenvalue weighted by molar-refractivity contribution is 9.10.